The Bertz CT molecular complexity index is 519. The quantitative estimate of drug-likeness (QED) is 0.618. The third-order valence-electron chi connectivity index (χ3n) is 2.84. The van der Waals surface area contributed by atoms with Crippen LogP contribution in [0.2, 0.25) is 0 Å². The van der Waals surface area contributed by atoms with Crippen LogP contribution in [0.5, 0.6) is 0 Å². The van der Waals surface area contributed by atoms with E-state index in [0.29, 0.717) is 0 Å². The minimum Gasteiger partial charge on any atom is -0.446 e. The fourth-order valence-corrected chi connectivity index (χ4v) is 1.91. The number of hydrogen-bond donors (Lipinski definition) is 0. The molecule has 0 saturated carbocycles. The van der Waals surface area contributed by atoms with E-state index in [1.807, 2.05) is 37.3 Å². The molecule has 0 unspecified atom stereocenters. The molecule has 1 aliphatic rings. The van der Waals surface area contributed by atoms with E-state index in [9.17, 15) is 9.59 Å². The molecule has 0 bridgehead atoms. The van der Waals surface area contributed by atoms with Crippen LogP contribution in [-0.4, -0.2) is 23.5 Å². The molecule has 0 N–H and O–H groups in total. The summed E-state index contributed by atoms with van der Waals surface area (Å²) in [5.41, 5.74) is 0.890. The maximum absolute atomic E-state index is 12.0. The van der Waals surface area contributed by atoms with Gasteiger partial charge in [-0.25, -0.2) is 9.69 Å². The Balaban J connectivity index is 2.21. The Morgan fingerprint density at radius 2 is 2.05 bits per heavy atom. The molecule has 0 radical (unpaired) electrons. The van der Waals surface area contributed by atoms with Crippen molar-refractivity contribution in [2.75, 3.05) is 6.61 Å². The molecule has 4 nitrogen and oxygen atoms in total. The van der Waals surface area contributed by atoms with Gasteiger partial charge in [-0.05, 0) is 12.5 Å². The fraction of sp³-hybridized carbons (Fsp3) is 0.200. The normalized spacial score (nSPS) is 19.3. The largest absolute Gasteiger partial charge is 0.446 e. The molecule has 1 saturated heterocycles. The Morgan fingerprint density at radius 1 is 1.32 bits per heavy atom. The molecular weight excluding hydrogens is 242 g/mol. The van der Waals surface area contributed by atoms with Gasteiger partial charge in [0, 0.05) is 6.08 Å². The van der Waals surface area contributed by atoms with Crippen LogP contribution < -0.4 is 0 Å². The van der Waals surface area contributed by atoms with Gasteiger partial charge in [0.25, 0.3) is 5.91 Å². The maximum atomic E-state index is 12.0. The Kier molecular flexibility index (Phi) is 4.13. The van der Waals surface area contributed by atoms with Crippen molar-refractivity contribution in [3.8, 4) is 0 Å². The van der Waals surface area contributed by atoms with Crippen molar-refractivity contribution in [2.45, 2.75) is 13.0 Å². The van der Waals surface area contributed by atoms with Crippen LogP contribution in [0.25, 0.3) is 0 Å². The zero-order chi connectivity index (χ0) is 13.7. The first kappa shape index (κ1) is 13.1. The monoisotopic (exact) mass is 257 g/mol. The van der Waals surface area contributed by atoms with Crippen LogP contribution in [0.1, 0.15) is 18.5 Å². The number of nitrogens with zero attached hydrogens (tertiary/aromatic N) is 1. The lowest BCUT2D eigenvalue weighted by atomic mass is 10.1. The van der Waals surface area contributed by atoms with Gasteiger partial charge < -0.3 is 4.74 Å². The molecule has 1 aromatic rings. The highest BCUT2D eigenvalue weighted by atomic mass is 16.6. The first-order chi connectivity index (χ1) is 9.24. The summed E-state index contributed by atoms with van der Waals surface area (Å²) < 4.78 is 4.97. The highest BCUT2D eigenvalue weighted by Crippen LogP contribution is 2.27. The molecule has 98 valence electrons. The van der Waals surface area contributed by atoms with Gasteiger partial charge in [0.05, 0.1) is 0 Å². The van der Waals surface area contributed by atoms with Crippen molar-refractivity contribution in [3.63, 3.8) is 0 Å². The molecule has 1 atom stereocenters. The summed E-state index contributed by atoms with van der Waals surface area (Å²) in [6, 6.07) is 9.04. The van der Waals surface area contributed by atoms with Crippen LogP contribution in [0, 0.1) is 0 Å². The van der Waals surface area contributed by atoms with E-state index >= 15 is 0 Å². The molecule has 4 heteroatoms. The molecule has 1 aromatic carbocycles. The summed E-state index contributed by atoms with van der Waals surface area (Å²) in [6.07, 6.45) is 5.92. The number of imide groups is 1. The van der Waals surface area contributed by atoms with E-state index in [2.05, 4.69) is 0 Å². The summed E-state index contributed by atoms with van der Waals surface area (Å²) in [4.78, 5) is 24.8. The average Bonchev–Trinajstić information content (AvgIpc) is 2.82. The second-order valence-corrected chi connectivity index (χ2v) is 4.10. The number of cyclic esters (lactones) is 1. The molecule has 0 aromatic heterocycles. The fourth-order valence-electron chi connectivity index (χ4n) is 1.91. The molecule has 1 aliphatic heterocycles. The Hall–Kier alpha value is -2.36. The molecular formula is C15H15NO3. The number of allylic oxidation sites excluding steroid dienone is 3. The van der Waals surface area contributed by atoms with Crippen LogP contribution >= 0.6 is 0 Å². The molecule has 1 fully saturated rings. The van der Waals surface area contributed by atoms with Crippen molar-refractivity contribution >= 4 is 12.0 Å². The minimum absolute atomic E-state index is 0.200. The molecule has 2 rings (SSSR count). The number of carbonyl (C=O) groups excluding carboxylic acids is 2. The third kappa shape index (κ3) is 2.91. The van der Waals surface area contributed by atoms with Gasteiger partial charge in [-0.15, -0.1) is 0 Å². The molecule has 1 heterocycles. The smallest absolute Gasteiger partial charge is 0.417 e. The Morgan fingerprint density at radius 3 is 2.74 bits per heavy atom. The number of benzene rings is 1. The molecule has 0 spiro atoms. The number of carbonyl (C=O) groups is 2. The predicted octanol–water partition coefficient (Wildman–Crippen LogP) is 2.84. The predicted molar refractivity (Wildman–Crippen MR) is 71.3 cm³/mol. The van der Waals surface area contributed by atoms with Gasteiger partial charge in [0.2, 0.25) is 0 Å². The summed E-state index contributed by atoms with van der Waals surface area (Å²) in [5, 5.41) is 0. The zero-order valence-corrected chi connectivity index (χ0v) is 10.7. The highest BCUT2D eigenvalue weighted by Gasteiger charge is 2.37. The standard InChI is InChI=1S/C15H15NO3/c1-2-3-5-10-14(17)16-13(11-19-15(16)18)12-8-6-4-7-9-12/h2-10,13H,11H2,1H3/b3-2+,10-5+/t13-/m1/s1. The first-order valence-corrected chi connectivity index (χ1v) is 6.08. The summed E-state index contributed by atoms with van der Waals surface area (Å²) in [6.45, 7) is 2.05. The summed E-state index contributed by atoms with van der Waals surface area (Å²) >= 11 is 0. The van der Waals surface area contributed by atoms with Gasteiger partial charge in [0.15, 0.2) is 0 Å². The summed E-state index contributed by atoms with van der Waals surface area (Å²) in [5.74, 6) is -0.366. The van der Waals surface area contributed by atoms with E-state index in [0.717, 1.165) is 10.5 Å². The van der Waals surface area contributed by atoms with E-state index in [1.54, 1.807) is 18.2 Å². The Labute approximate surface area is 112 Å². The van der Waals surface area contributed by atoms with Crippen LogP contribution in [0.3, 0.4) is 0 Å². The second-order valence-electron chi connectivity index (χ2n) is 4.10. The van der Waals surface area contributed by atoms with Crippen molar-refractivity contribution in [3.05, 3.63) is 60.2 Å². The van der Waals surface area contributed by atoms with Crippen LogP contribution in [0.4, 0.5) is 4.79 Å². The van der Waals surface area contributed by atoms with Gasteiger partial charge in [0.1, 0.15) is 12.6 Å². The number of rotatable bonds is 3. The number of ether oxygens (including phenoxy) is 1. The third-order valence-corrected chi connectivity index (χ3v) is 2.84. The van der Waals surface area contributed by atoms with Crippen LogP contribution in [0.15, 0.2) is 54.6 Å². The lowest BCUT2D eigenvalue weighted by Crippen LogP contribution is -2.32. The second kappa shape index (κ2) is 6.00. The topological polar surface area (TPSA) is 46.6 Å². The molecule has 2 amide bonds. The number of amides is 2. The van der Waals surface area contributed by atoms with Crippen molar-refractivity contribution in [2.24, 2.45) is 0 Å². The average molecular weight is 257 g/mol. The van der Waals surface area contributed by atoms with Gasteiger partial charge in [-0.1, -0.05) is 48.6 Å². The van der Waals surface area contributed by atoms with E-state index in [1.165, 1.54) is 6.08 Å². The summed E-state index contributed by atoms with van der Waals surface area (Å²) in [7, 11) is 0. The maximum Gasteiger partial charge on any atom is 0.417 e. The van der Waals surface area contributed by atoms with E-state index < -0.39 is 6.09 Å². The van der Waals surface area contributed by atoms with E-state index in [-0.39, 0.29) is 18.6 Å². The van der Waals surface area contributed by atoms with Gasteiger partial charge in [-0.3, -0.25) is 4.79 Å². The lowest BCUT2D eigenvalue weighted by Gasteiger charge is -2.18. The van der Waals surface area contributed by atoms with Gasteiger partial charge in [-0.2, -0.15) is 0 Å². The minimum atomic E-state index is -0.594. The molecule has 19 heavy (non-hydrogen) atoms. The zero-order valence-electron chi connectivity index (χ0n) is 10.7. The lowest BCUT2D eigenvalue weighted by molar-refractivity contribution is -0.124. The highest BCUT2D eigenvalue weighted by molar-refractivity contribution is 6.00. The SMILES string of the molecule is C/C=C/C=C/C(=O)N1C(=O)OC[C@@H]1c1ccccc1. The van der Waals surface area contributed by atoms with Crippen molar-refractivity contribution in [1.82, 2.24) is 4.90 Å². The van der Waals surface area contributed by atoms with Crippen LogP contribution in [-0.2, 0) is 9.53 Å². The van der Waals surface area contributed by atoms with E-state index in [4.69, 9.17) is 4.74 Å². The van der Waals surface area contributed by atoms with Gasteiger partial charge >= 0.3 is 6.09 Å². The van der Waals surface area contributed by atoms with Crippen molar-refractivity contribution in [1.29, 1.82) is 0 Å². The molecule has 0 aliphatic carbocycles. The first-order valence-electron chi connectivity index (χ1n) is 6.08. The number of hydrogen-bond acceptors (Lipinski definition) is 3. The van der Waals surface area contributed by atoms with Crippen molar-refractivity contribution < 1.29 is 14.3 Å².